The van der Waals surface area contributed by atoms with Crippen LogP contribution in [0.15, 0.2) is 97.8 Å². The first kappa shape index (κ1) is 34.4. The first-order valence-corrected chi connectivity index (χ1v) is 16.2. The van der Waals surface area contributed by atoms with Crippen molar-refractivity contribution >= 4 is 44.9 Å². The van der Waals surface area contributed by atoms with Crippen LogP contribution in [0.1, 0.15) is 15.9 Å². The summed E-state index contributed by atoms with van der Waals surface area (Å²) < 4.78 is 68.6. The Balaban J connectivity index is 1.28. The highest BCUT2D eigenvalue weighted by Crippen LogP contribution is 2.42. The van der Waals surface area contributed by atoms with Crippen LogP contribution >= 0.6 is 0 Å². The van der Waals surface area contributed by atoms with Crippen LogP contribution in [0.3, 0.4) is 0 Å². The number of carbonyl (C=O) groups excluding carboxylic acids is 1. The van der Waals surface area contributed by atoms with E-state index in [9.17, 15) is 23.1 Å². The number of anilines is 2. The van der Waals surface area contributed by atoms with Crippen molar-refractivity contribution in [3.8, 4) is 28.3 Å². The summed E-state index contributed by atoms with van der Waals surface area (Å²) in [5.41, 5.74) is 0.929. The maximum atomic E-state index is 15.4. The molecule has 0 fully saturated rings. The molecule has 2 aromatic heterocycles. The van der Waals surface area contributed by atoms with Crippen molar-refractivity contribution in [2.24, 2.45) is 0 Å². The fraction of sp³-hybridized carbons (Fsp3) is 0.114. The highest BCUT2D eigenvalue weighted by molar-refractivity contribution is 7.74. The summed E-state index contributed by atoms with van der Waals surface area (Å²) in [6.07, 6.45) is 5.61. The molecule has 0 spiro atoms. The van der Waals surface area contributed by atoms with Crippen LogP contribution in [0.2, 0.25) is 0 Å². The van der Waals surface area contributed by atoms with E-state index in [1.165, 1.54) is 62.0 Å². The zero-order valence-corrected chi connectivity index (χ0v) is 27.8. The van der Waals surface area contributed by atoms with Crippen LogP contribution in [0.4, 0.5) is 20.2 Å². The van der Waals surface area contributed by atoms with E-state index in [1.807, 2.05) is 0 Å². The molecule has 0 bridgehead atoms. The normalized spacial score (nSPS) is 11.7. The second-order valence-corrected chi connectivity index (χ2v) is 11.9. The number of nitrogens with one attached hydrogen (secondary N) is 1. The summed E-state index contributed by atoms with van der Waals surface area (Å²) in [4.78, 5) is 33.7. The van der Waals surface area contributed by atoms with Gasteiger partial charge in [-0.25, -0.2) is 36.0 Å². The zero-order chi connectivity index (χ0) is 36.2. The number of nitrogens with zero attached hydrogens (tertiary/aromatic N) is 5. The minimum absolute atomic E-state index is 0.0505. The number of benzene rings is 4. The van der Waals surface area contributed by atoms with E-state index in [0.29, 0.717) is 61.1 Å². The van der Waals surface area contributed by atoms with E-state index in [-0.39, 0.29) is 12.1 Å². The van der Waals surface area contributed by atoms with Gasteiger partial charge in [0.25, 0.3) is 5.91 Å². The Labute approximate surface area is 290 Å². The quantitative estimate of drug-likeness (QED) is 0.149. The molecule has 0 aliphatic carbocycles. The number of aliphatic carboxylic acids is 1. The number of carbonyl (C=O) groups is 2. The van der Waals surface area contributed by atoms with Crippen LogP contribution in [-0.2, 0) is 22.1 Å². The van der Waals surface area contributed by atoms with Crippen LogP contribution in [-0.4, -0.2) is 65.4 Å². The molecule has 0 aliphatic heterocycles. The van der Waals surface area contributed by atoms with Crippen molar-refractivity contribution in [1.82, 2.24) is 25.1 Å². The molecule has 0 aliphatic rings. The standard InChI is InChI=1S/C35H28F2N6O7S/c1-49-30-4-3-5-31(50-2)32(30)25-11-6-20(24-12-13-38-17-26(24)25)14-29(35(45)46)41-34(44)33-27(36)15-23(16-28(33)37)43(51(47)48)22-9-7-21(8-10-22)42-19-39-18-40-42/h3-13,15-19,29,51H,14H2,1-2H3,(H,41,44)(H,45,46)/t29-/m1/s1. The summed E-state index contributed by atoms with van der Waals surface area (Å²) in [5, 5.41) is 17.5. The lowest BCUT2D eigenvalue weighted by molar-refractivity contribution is -0.139. The highest BCUT2D eigenvalue weighted by atomic mass is 32.2. The Morgan fingerprint density at radius 1 is 0.922 bits per heavy atom. The first-order valence-electron chi connectivity index (χ1n) is 15.1. The fourth-order valence-corrected chi connectivity index (χ4v) is 6.37. The Kier molecular flexibility index (Phi) is 9.86. The van der Waals surface area contributed by atoms with Crippen molar-refractivity contribution in [1.29, 1.82) is 0 Å². The van der Waals surface area contributed by atoms with E-state index in [2.05, 4.69) is 20.4 Å². The summed E-state index contributed by atoms with van der Waals surface area (Å²) in [5.74, 6) is -4.55. The van der Waals surface area contributed by atoms with Gasteiger partial charge in [-0.3, -0.25) is 9.78 Å². The van der Waals surface area contributed by atoms with Gasteiger partial charge in [0, 0.05) is 24.2 Å². The molecular weight excluding hydrogens is 686 g/mol. The first-order chi connectivity index (χ1) is 24.6. The molecule has 6 rings (SSSR count). The monoisotopic (exact) mass is 714 g/mol. The SMILES string of the molecule is COc1cccc(OC)c1-c1ccc(C[C@@H](NC(=O)c2c(F)cc(N(c3ccc(-n4cncn4)cc3)[SH](=O)=O)cc2F)C(=O)O)c2ccncc12. The second kappa shape index (κ2) is 14.6. The van der Waals surface area contributed by atoms with E-state index < -0.39 is 51.7 Å². The fourth-order valence-electron chi connectivity index (χ4n) is 5.74. The molecule has 0 radical (unpaired) electrons. The number of ether oxygens (including phenoxy) is 2. The Morgan fingerprint density at radius 2 is 1.61 bits per heavy atom. The smallest absolute Gasteiger partial charge is 0.326 e. The molecule has 16 heteroatoms. The lowest BCUT2D eigenvalue weighted by Gasteiger charge is -2.20. The predicted octanol–water partition coefficient (Wildman–Crippen LogP) is 4.87. The van der Waals surface area contributed by atoms with Gasteiger partial charge in [0.2, 0.25) is 10.9 Å². The molecule has 1 atom stereocenters. The second-order valence-electron chi connectivity index (χ2n) is 11.0. The van der Waals surface area contributed by atoms with Crippen molar-refractivity contribution < 1.29 is 41.4 Å². The topological polar surface area (TPSA) is 166 Å². The number of carboxylic acid groups (broad SMARTS) is 1. The summed E-state index contributed by atoms with van der Waals surface area (Å²) in [6, 6.07) is 16.0. The van der Waals surface area contributed by atoms with E-state index >= 15 is 8.78 Å². The van der Waals surface area contributed by atoms with Gasteiger partial charge in [-0.2, -0.15) is 5.10 Å². The van der Waals surface area contributed by atoms with Crippen LogP contribution in [0, 0.1) is 11.6 Å². The number of pyridine rings is 1. The van der Waals surface area contributed by atoms with Gasteiger partial charge >= 0.3 is 5.97 Å². The number of fused-ring (bicyclic) bond motifs is 1. The number of thiol groups is 1. The third-order valence-electron chi connectivity index (χ3n) is 8.07. The highest BCUT2D eigenvalue weighted by Gasteiger charge is 2.28. The average molecular weight is 715 g/mol. The average Bonchev–Trinajstić information content (AvgIpc) is 3.66. The number of methoxy groups -OCH3 is 2. The molecule has 0 saturated heterocycles. The van der Waals surface area contributed by atoms with Gasteiger partial charge in [-0.1, -0.05) is 18.2 Å². The van der Waals surface area contributed by atoms with Gasteiger partial charge in [0.15, 0.2) is 0 Å². The van der Waals surface area contributed by atoms with Crippen molar-refractivity contribution in [2.45, 2.75) is 12.5 Å². The van der Waals surface area contributed by atoms with Crippen molar-refractivity contribution in [3.63, 3.8) is 0 Å². The van der Waals surface area contributed by atoms with Crippen molar-refractivity contribution in [2.75, 3.05) is 18.5 Å². The number of aromatic nitrogens is 4. The summed E-state index contributed by atoms with van der Waals surface area (Å²) >= 11 is 0. The molecule has 2 N–H and O–H groups in total. The van der Waals surface area contributed by atoms with Crippen molar-refractivity contribution in [3.05, 3.63) is 121 Å². The zero-order valence-electron chi connectivity index (χ0n) is 26.9. The number of hydrogen-bond donors (Lipinski definition) is 3. The molecule has 13 nitrogen and oxygen atoms in total. The van der Waals surface area contributed by atoms with Crippen LogP contribution < -0.4 is 19.1 Å². The van der Waals surface area contributed by atoms with Crippen LogP contribution in [0.5, 0.6) is 11.5 Å². The number of rotatable bonds is 12. The third-order valence-corrected chi connectivity index (χ3v) is 8.86. The maximum absolute atomic E-state index is 15.4. The van der Waals surface area contributed by atoms with Gasteiger partial charge in [-0.05, 0) is 71.1 Å². The lowest BCUT2D eigenvalue weighted by atomic mass is 9.92. The molecule has 1 amide bonds. The van der Waals surface area contributed by atoms with Gasteiger partial charge < -0.3 is 19.9 Å². The molecule has 2 heterocycles. The summed E-state index contributed by atoms with van der Waals surface area (Å²) in [7, 11) is -0.398. The van der Waals surface area contributed by atoms with Gasteiger partial charge in [0.05, 0.1) is 36.8 Å². The Hall–Kier alpha value is -6.42. The number of halogens is 2. The molecule has 0 unspecified atom stereocenters. The lowest BCUT2D eigenvalue weighted by Crippen LogP contribution is -2.43. The van der Waals surface area contributed by atoms with E-state index in [0.717, 1.165) is 0 Å². The van der Waals surface area contributed by atoms with E-state index in [1.54, 1.807) is 42.6 Å². The van der Waals surface area contributed by atoms with Gasteiger partial charge in [0.1, 0.15) is 47.4 Å². The molecule has 4 aromatic carbocycles. The largest absolute Gasteiger partial charge is 0.496 e. The van der Waals surface area contributed by atoms with Gasteiger partial charge in [-0.15, -0.1) is 0 Å². The molecule has 0 saturated carbocycles. The Bertz CT molecular complexity index is 2280. The van der Waals surface area contributed by atoms with E-state index in [4.69, 9.17) is 9.47 Å². The molecule has 51 heavy (non-hydrogen) atoms. The third kappa shape index (κ3) is 6.89. The maximum Gasteiger partial charge on any atom is 0.326 e. The predicted molar refractivity (Wildman–Crippen MR) is 183 cm³/mol. The molecule has 6 aromatic rings. The summed E-state index contributed by atoms with van der Waals surface area (Å²) in [6.45, 7) is 0. The minimum atomic E-state index is -3.44. The van der Waals surface area contributed by atoms with Crippen LogP contribution in [0.25, 0.3) is 27.6 Å². The number of carboxylic acids is 1. The minimum Gasteiger partial charge on any atom is -0.496 e. The Morgan fingerprint density at radius 3 is 2.20 bits per heavy atom. The number of hydrogen-bond acceptors (Lipinski definition) is 9. The molecular formula is C35H28F2N6O7S. The number of amides is 1. The molecule has 260 valence electrons.